The summed E-state index contributed by atoms with van der Waals surface area (Å²) in [5.74, 6) is -0.222. The van der Waals surface area contributed by atoms with Crippen LogP contribution in [0, 0.1) is 5.82 Å². The topological polar surface area (TPSA) is 38.3 Å². The van der Waals surface area contributed by atoms with Gasteiger partial charge >= 0.3 is 0 Å². The van der Waals surface area contributed by atoms with Crippen LogP contribution in [0.2, 0.25) is 0 Å². The number of methoxy groups -OCH3 is 1. The van der Waals surface area contributed by atoms with Crippen LogP contribution < -0.4 is 10.1 Å². The third-order valence-electron chi connectivity index (χ3n) is 2.00. The maximum absolute atomic E-state index is 13.2. The van der Waals surface area contributed by atoms with Crippen molar-refractivity contribution >= 4 is 5.91 Å². The lowest BCUT2D eigenvalue weighted by molar-refractivity contribution is -0.118. The molecule has 0 radical (unpaired) electrons. The summed E-state index contributed by atoms with van der Waals surface area (Å²) in [6.45, 7) is 1.97. The summed E-state index contributed by atoms with van der Waals surface area (Å²) in [5.41, 5.74) is 0.835. The maximum Gasteiger partial charge on any atom is 0.216 e. The van der Waals surface area contributed by atoms with E-state index in [1.807, 2.05) is 0 Å². The van der Waals surface area contributed by atoms with Gasteiger partial charge in [-0.15, -0.1) is 0 Å². The van der Waals surface area contributed by atoms with Gasteiger partial charge in [-0.3, -0.25) is 4.79 Å². The van der Waals surface area contributed by atoms with Gasteiger partial charge in [0.1, 0.15) is 0 Å². The van der Waals surface area contributed by atoms with Crippen molar-refractivity contribution in [3.05, 3.63) is 29.6 Å². The number of hydrogen-bond acceptors (Lipinski definition) is 2. The standard InChI is InChI=1S/C11H14FNO2/c1-8(14)13-6-5-9-3-4-11(15-2)10(12)7-9/h3-4,7H,5-6H2,1-2H3,(H,13,14). The Hall–Kier alpha value is -1.58. The first-order valence-electron chi connectivity index (χ1n) is 4.70. The van der Waals surface area contributed by atoms with Crippen molar-refractivity contribution in [1.29, 1.82) is 0 Å². The van der Waals surface area contributed by atoms with Gasteiger partial charge in [-0.05, 0) is 24.1 Å². The van der Waals surface area contributed by atoms with Crippen LogP contribution in [-0.4, -0.2) is 19.6 Å². The smallest absolute Gasteiger partial charge is 0.216 e. The highest BCUT2D eigenvalue weighted by atomic mass is 19.1. The zero-order valence-corrected chi connectivity index (χ0v) is 8.84. The SMILES string of the molecule is COc1ccc(CCNC(C)=O)cc1F. The molecule has 0 atom stereocenters. The second kappa shape index (κ2) is 5.34. The van der Waals surface area contributed by atoms with Crippen molar-refractivity contribution in [3.63, 3.8) is 0 Å². The monoisotopic (exact) mass is 211 g/mol. The average Bonchev–Trinajstić information content (AvgIpc) is 2.17. The Morgan fingerprint density at radius 2 is 2.27 bits per heavy atom. The molecule has 3 nitrogen and oxygen atoms in total. The van der Waals surface area contributed by atoms with Gasteiger partial charge in [-0.1, -0.05) is 6.07 Å². The fraction of sp³-hybridized carbons (Fsp3) is 0.364. The Morgan fingerprint density at radius 3 is 2.80 bits per heavy atom. The summed E-state index contributed by atoms with van der Waals surface area (Å²) in [5, 5.41) is 2.65. The molecule has 0 bridgehead atoms. The first-order valence-corrected chi connectivity index (χ1v) is 4.70. The lowest BCUT2D eigenvalue weighted by Crippen LogP contribution is -2.22. The molecule has 1 rings (SSSR count). The second-order valence-corrected chi connectivity index (χ2v) is 3.20. The molecule has 0 aliphatic heterocycles. The Balaban J connectivity index is 2.55. The number of hydrogen-bond donors (Lipinski definition) is 1. The zero-order valence-electron chi connectivity index (χ0n) is 8.84. The van der Waals surface area contributed by atoms with Gasteiger partial charge in [-0.2, -0.15) is 0 Å². The normalized spacial score (nSPS) is 9.80. The number of halogens is 1. The third kappa shape index (κ3) is 3.58. The molecule has 1 aromatic rings. The first-order chi connectivity index (χ1) is 7.13. The molecular weight excluding hydrogens is 197 g/mol. The fourth-order valence-corrected chi connectivity index (χ4v) is 1.25. The number of rotatable bonds is 4. The Kier molecular flexibility index (Phi) is 4.09. The molecular formula is C11H14FNO2. The largest absolute Gasteiger partial charge is 0.494 e. The minimum atomic E-state index is -0.377. The average molecular weight is 211 g/mol. The summed E-state index contributed by atoms with van der Waals surface area (Å²) >= 11 is 0. The van der Waals surface area contributed by atoms with Gasteiger partial charge in [0.15, 0.2) is 11.6 Å². The molecule has 0 aliphatic rings. The minimum absolute atomic E-state index is 0.0796. The summed E-state index contributed by atoms with van der Waals surface area (Å²) in [4.78, 5) is 10.6. The lowest BCUT2D eigenvalue weighted by atomic mass is 10.1. The van der Waals surface area contributed by atoms with E-state index in [0.29, 0.717) is 13.0 Å². The molecule has 15 heavy (non-hydrogen) atoms. The van der Waals surface area contributed by atoms with Crippen molar-refractivity contribution in [2.24, 2.45) is 0 Å². The highest BCUT2D eigenvalue weighted by Crippen LogP contribution is 2.17. The fourth-order valence-electron chi connectivity index (χ4n) is 1.25. The van der Waals surface area contributed by atoms with E-state index in [9.17, 15) is 9.18 Å². The molecule has 0 spiro atoms. The van der Waals surface area contributed by atoms with E-state index in [-0.39, 0.29) is 17.5 Å². The summed E-state index contributed by atoms with van der Waals surface area (Å²) in [7, 11) is 1.43. The molecule has 1 aromatic carbocycles. The molecule has 4 heteroatoms. The quantitative estimate of drug-likeness (QED) is 0.819. The van der Waals surface area contributed by atoms with Crippen LogP contribution in [0.15, 0.2) is 18.2 Å². The molecule has 0 aliphatic carbocycles. The van der Waals surface area contributed by atoms with Crippen molar-refractivity contribution in [2.75, 3.05) is 13.7 Å². The third-order valence-corrected chi connectivity index (χ3v) is 2.00. The predicted molar refractivity (Wildman–Crippen MR) is 55.3 cm³/mol. The molecule has 0 fully saturated rings. The first kappa shape index (κ1) is 11.5. The molecule has 1 amide bonds. The number of nitrogens with one attached hydrogen (secondary N) is 1. The number of ether oxygens (including phenoxy) is 1. The number of carbonyl (C=O) groups excluding carboxylic acids is 1. The Morgan fingerprint density at radius 1 is 1.53 bits per heavy atom. The molecule has 0 saturated heterocycles. The van der Waals surface area contributed by atoms with Crippen molar-refractivity contribution in [3.8, 4) is 5.75 Å². The molecule has 82 valence electrons. The van der Waals surface area contributed by atoms with E-state index >= 15 is 0 Å². The number of benzene rings is 1. The Labute approximate surface area is 88.2 Å². The highest BCUT2D eigenvalue weighted by molar-refractivity contribution is 5.72. The van der Waals surface area contributed by atoms with Crippen LogP contribution >= 0.6 is 0 Å². The van der Waals surface area contributed by atoms with Crippen LogP contribution in [0.5, 0.6) is 5.75 Å². The highest BCUT2D eigenvalue weighted by Gasteiger charge is 2.03. The minimum Gasteiger partial charge on any atom is -0.494 e. The van der Waals surface area contributed by atoms with Gasteiger partial charge in [0, 0.05) is 13.5 Å². The maximum atomic E-state index is 13.2. The van der Waals surface area contributed by atoms with Gasteiger partial charge < -0.3 is 10.1 Å². The van der Waals surface area contributed by atoms with Crippen molar-refractivity contribution in [2.45, 2.75) is 13.3 Å². The van der Waals surface area contributed by atoms with Gasteiger partial charge in [-0.25, -0.2) is 4.39 Å². The van der Waals surface area contributed by atoms with E-state index in [4.69, 9.17) is 4.74 Å². The van der Waals surface area contributed by atoms with Gasteiger partial charge in [0.2, 0.25) is 5.91 Å². The summed E-state index contributed by atoms with van der Waals surface area (Å²) in [6.07, 6.45) is 0.612. The van der Waals surface area contributed by atoms with E-state index in [1.54, 1.807) is 12.1 Å². The van der Waals surface area contributed by atoms with Gasteiger partial charge in [0.25, 0.3) is 0 Å². The molecule has 0 heterocycles. The van der Waals surface area contributed by atoms with Crippen LogP contribution in [0.1, 0.15) is 12.5 Å². The molecule has 0 aromatic heterocycles. The van der Waals surface area contributed by atoms with Crippen molar-refractivity contribution < 1.29 is 13.9 Å². The summed E-state index contributed by atoms with van der Waals surface area (Å²) in [6, 6.07) is 4.78. The van der Waals surface area contributed by atoms with Crippen LogP contribution in [-0.2, 0) is 11.2 Å². The van der Waals surface area contributed by atoms with Crippen LogP contribution in [0.4, 0.5) is 4.39 Å². The van der Waals surface area contributed by atoms with E-state index in [2.05, 4.69) is 5.32 Å². The lowest BCUT2D eigenvalue weighted by Gasteiger charge is -2.05. The molecule has 1 N–H and O–H groups in total. The second-order valence-electron chi connectivity index (χ2n) is 3.20. The van der Waals surface area contributed by atoms with Gasteiger partial charge in [0.05, 0.1) is 7.11 Å². The zero-order chi connectivity index (χ0) is 11.3. The van der Waals surface area contributed by atoms with Crippen LogP contribution in [0.25, 0.3) is 0 Å². The number of carbonyl (C=O) groups is 1. The predicted octanol–water partition coefficient (Wildman–Crippen LogP) is 1.51. The summed E-state index contributed by atoms with van der Waals surface area (Å²) < 4.78 is 18.0. The van der Waals surface area contributed by atoms with E-state index in [0.717, 1.165) is 5.56 Å². The number of amides is 1. The van der Waals surface area contributed by atoms with E-state index in [1.165, 1.54) is 20.1 Å². The van der Waals surface area contributed by atoms with E-state index < -0.39 is 0 Å². The molecule has 0 saturated carbocycles. The Bertz CT molecular complexity index is 352. The van der Waals surface area contributed by atoms with Crippen LogP contribution in [0.3, 0.4) is 0 Å². The molecule has 0 unspecified atom stereocenters. The van der Waals surface area contributed by atoms with Crippen molar-refractivity contribution in [1.82, 2.24) is 5.32 Å².